The van der Waals surface area contributed by atoms with Crippen LogP contribution in [0.15, 0.2) is 70.3 Å². The van der Waals surface area contributed by atoms with Crippen molar-refractivity contribution < 1.29 is 14.7 Å². The largest absolute Gasteiger partial charge is 0.480 e. The summed E-state index contributed by atoms with van der Waals surface area (Å²) < 4.78 is 2.47. The van der Waals surface area contributed by atoms with Gasteiger partial charge in [-0.05, 0) is 55.0 Å². The van der Waals surface area contributed by atoms with E-state index in [1.807, 2.05) is 6.92 Å². The van der Waals surface area contributed by atoms with E-state index >= 15 is 0 Å². The second kappa shape index (κ2) is 11.1. The van der Waals surface area contributed by atoms with Crippen LogP contribution in [-0.2, 0) is 18.3 Å². The molecule has 3 aromatic carbocycles. The number of halogens is 2. The average Bonchev–Trinajstić information content (AvgIpc) is 2.88. The predicted molar refractivity (Wildman–Crippen MR) is 148 cm³/mol. The molecule has 11 heteroatoms. The molecule has 1 atom stereocenters. The summed E-state index contributed by atoms with van der Waals surface area (Å²) in [5, 5.41) is 15.9. The first-order valence-corrected chi connectivity index (χ1v) is 12.4. The molecule has 0 aliphatic rings. The number of benzene rings is 3. The zero-order valence-electron chi connectivity index (χ0n) is 20.5. The number of rotatable bonds is 8. The van der Waals surface area contributed by atoms with Gasteiger partial charge in [-0.1, -0.05) is 41.4 Å². The molecule has 0 unspecified atom stereocenters. The fraction of sp³-hybridized carbons (Fsp3) is 0.185. The number of nitrogens with zero attached hydrogens (tertiary/aromatic N) is 2. The Hall–Kier alpha value is -4.08. The molecule has 1 amide bonds. The van der Waals surface area contributed by atoms with Crippen molar-refractivity contribution in [2.75, 3.05) is 11.9 Å². The average molecular weight is 555 g/mol. The summed E-state index contributed by atoms with van der Waals surface area (Å²) in [5.41, 5.74) is 1.20. The van der Waals surface area contributed by atoms with Crippen LogP contribution in [0.3, 0.4) is 0 Å². The van der Waals surface area contributed by atoms with Crippen LogP contribution in [-0.4, -0.2) is 38.7 Å². The third-order valence-corrected chi connectivity index (χ3v) is 6.71. The molecule has 4 rings (SSSR count). The van der Waals surface area contributed by atoms with Gasteiger partial charge in [-0.15, -0.1) is 0 Å². The molecule has 196 valence electrons. The number of fused-ring (bicyclic) bond motifs is 1. The Kier molecular flexibility index (Phi) is 7.89. The molecule has 0 bridgehead atoms. The Balaban J connectivity index is 1.62. The van der Waals surface area contributed by atoms with Crippen LogP contribution in [0.1, 0.15) is 22.8 Å². The molecule has 0 saturated carbocycles. The quantitative estimate of drug-likeness (QED) is 0.304. The van der Waals surface area contributed by atoms with Crippen LogP contribution in [0.5, 0.6) is 0 Å². The van der Waals surface area contributed by atoms with E-state index in [0.717, 1.165) is 10.3 Å². The lowest BCUT2D eigenvalue weighted by Crippen LogP contribution is -2.42. The number of aryl methyl sites for hydroxylation is 1. The van der Waals surface area contributed by atoms with Crippen LogP contribution >= 0.6 is 23.2 Å². The number of aliphatic carboxylic acids is 1. The number of hydrogen-bond acceptors (Lipinski definition) is 5. The smallest absolute Gasteiger partial charge is 0.335 e. The Morgan fingerprint density at radius 2 is 1.66 bits per heavy atom. The Bertz CT molecular complexity index is 1640. The highest BCUT2D eigenvalue weighted by Crippen LogP contribution is 2.24. The third-order valence-electron chi connectivity index (χ3n) is 6.08. The number of anilines is 1. The van der Waals surface area contributed by atoms with Gasteiger partial charge in [-0.2, -0.15) is 0 Å². The molecule has 0 aliphatic carbocycles. The van der Waals surface area contributed by atoms with E-state index in [1.165, 1.54) is 16.7 Å². The summed E-state index contributed by atoms with van der Waals surface area (Å²) in [7, 11) is 1.59. The number of hydrogen-bond donors (Lipinski definition) is 3. The van der Waals surface area contributed by atoms with Gasteiger partial charge in [-0.25, -0.2) is 14.2 Å². The first-order chi connectivity index (χ1) is 18.1. The summed E-state index contributed by atoms with van der Waals surface area (Å²) in [6.07, 6.45) is -0.0543. The monoisotopic (exact) mass is 554 g/mol. The van der Waals surface area contributed by atoms with E-state index in [2.05, 4.69) is 10.6 Å². The van der Waals surface area contributed by atoms with Crippen LogP contribution in [0, 0.1) is 0 Å². The fourth-order valence-electron chi connectivity index (χ4n) is 4.15. The van der Waals surface area contributed by atoms with Crippen molar-refractivity contribution in [2.24, 2.45) is 7.05 Å². The molecule has 1 aromatic heterocycles. The molecule has 1 heterocycles. The van der Waals surface area contributed by atoms with Gasteiger partial charge in [0.25, 0.3) is 11.5 Å². The van der Waals surface area contributed by atoms with Crippen LogP contribution in [0.25, 0.3) is 16.6 Å². The van der Waals surface area contributed by atoms with Crippen molar-refractivity contribution in [3.05, 3.63) is 103 Å². The summed E-state index contributed by atoms with van der Waals surface area (Å²) in [6.45, 7) is 2.65. The lowest BCUT2D eigenvalue weighted by molar-refractivity contribution is -0.139. The molecule has 0 fully saturated rings. The second-order valence-corrected chi connectivity index (χ2v) is 9.39. The summed E-state index contributed by atoms with van der Waals surface area (Å²) in [5.74, 6) is -1.96. The van der Waals surface area contributed by atoms with Gasteiger partial charge in [0.15, 0.2) is 0 Å². The van der Waals surface area contributed by atoms with Crippen molar-refractivity contribution in [3.8, 4) is 5.69 Å². The molecule has 0 radical (unpaired) electrons. The molecule has 0 aliphatic heterocycles. The minimum absolute atomic E-state index is 0.0125. The van der Waals surface area contributed by atoms with E-state index in [1.54, 1.807) is 55.6 Å². The highest BCUT2D eigenvalue weighted by atomic mass is 35.5. The maximum atomic E-state index is 13.2. The number of carboxylic acids is 1. The Morgan fingerprint density at radius 3 is 2.26 bits per heavy atom. The van der Waals surface area contributed by atoms with Crippen LogP contribution < -0.4 is 21.9 Å². The van der Waals surface area contributed by atoms with Crippen LogP contribution in [0.2, 0.25) is 10.0 Å². The van der Waals surface area contributed by atoms with Gasteiger partial charge in [0.05, 0.1) is 32.2 Å². The number of aromatic nitrogens is 2. The Morgan fingerprint density at radius 1 is 1.00 bits per heavy atom. The topological polar surface area (TPSA) is 122 Å². The van der Waals surface area contributed by atoms with Crippen molar-refractivity contribution in [1.29, 1.82) is 0 Å². The SMILES string of the molecule is CCNc1ccc2c(=O)n(-c3ccc(C[C@H](NC(=O)c4c(Cl)cccc4Cl)C(=O)O)cc3)c(=O)n(C)c2c1. The van der Waals surface area contributed by atoms with E-state index in [-0.39, 0.29) is 22.0 Å². The number of amides is 1. The van der Waals surface area contributed by atoms with Gasteiger partial charge >= 0.3 is 11.7 Å². The van der Waals surface area contributed by atoms with Crippen LogP contribution in [0.4, 0.5) is 5.69 Å². The highest BCUT2D eigenvalue weighted by Gasteiger charge is 2.24. The highest BCUT2D eigenvalue weighted by molar-refractivity contribution is 6.39. The third kappa shape index (κ3) is 5.29. The van der Waals surface area contributed by atoms with Crippen molar-refractivity contribution >= 4 is 51.7 Å². The minimum Gasteiger partial charge on any atom is -0.480 e. The summed E-state index contributed by atoms with van der Waals surface area (Å²) in [6, 6.07) is 14.8. The fourth-order valence-corrected chi connectivity index (χ4v) is 4.72. The molecular formula is C27H24Cl2N4O5. The first-order valence-electron chi connectivity index (χ1n) is 11.7. The lowest BCUT2D eigenvalue weighted by Gasteiger charge is -2.16. The van der Waals surface area contributed by atoms with E-state index in [0.29, 0.717) is 28.7 Å². The Labute approximate surface area is 227 Å². The molecule has 0 spiro atoms. The first kappa shape index (κ1) is 27.0. The van der Waals surface area contributed by atoms with Gasteiger partial charge in [0.2, 0.25) is 0 Å². The van der Waals surface area contributed by atoms with Gasteiger partial charge in [0.1, 0.15) is 6.04 Å². The number of nitrogens with one attached hydrogen (secondary N) is 2. The standard InChI is InChI=1S/C27H24Cl2N4O5/c1-3-30-16-9-12-18-22(14-16)32(2)27(38)33(25(18)35)17-10-7-15(8-11-17)13-21(26(36)37)31-24(34)23-19(28)5-4-6-20(23)29/h4-12,14,21,30H,3,13H2,1-2H3,(H,31,34)(H,36,37)/t21-/m0/s1. The number of carbonyl (C=O) groups is 2. The van der Waals surface area contributed by atoms with E-state index in [4.69, 9.17) is 23.2 Å². The number of carboxylic acid groups (broad SMARTS) is 1. The zero-order chi connectivity index (χ0) is 27.6. The zero-order valence-corrected chi connectivity index (χ0v) is 22.0. The predicted octanol–water partition coefficient (Wildman–Crippen LogP) is 3.85. The molecular weight excluding hydrogens is 531 g/mol. The maximum Gasteiger partial charge on any atom is 0.335 e. The molecule has 38 heavy (non-hydrogen) atoms. The minimum atomic E-state index is -1.28. The van der Waals surface area contributed by atoms with Crippen molar-refractivity contribution in [2.45, 2.75) is 19.4 Å². The second-order valence-electron chi connectivity index (χ2n) is 8.58. The van der Waals surface area contributed by atoms with Gasteiger partial charge < -0.3 is 15.7 Å². The summed E-state index contributed by atoms with van der Waals surface area (Å²) >= 11 is 12.1. The molecule has 4 aromatic rings. The van der Waals surface area contributed by atoms with Gasteiger partial charge in [-0.3, -0.25) is 14.2 Å². The summed E-state index contributed by atoms with van der Waals surface area (Å²) in [4.78, 5) is 50.9. The normalized spacial score (nSPS) is 11.8. The number of carbonyl (C=O) groups excluding carboxylic acids is 1. The van der Waals surface area contributed by atoms with Crippen molar-refractivity contribution in [3.63, 3.8) is 0 Å². The van der Waals surface area contributed by atoms with E-state index < -0.39 is 29.2 Å². The molecule has 9 nitrogen and oxygen atoms in total. The molecule has 3 N–H and O–H groups in total. The van der Waals surface area contributed by atoms with E-state index in [9.17, 15) is 24.3 Å². The van der Waals surface area contributed by atoms with Gasteiger partial charge in [0, 0.05) is 25.7 Å². The maximum absolute atomic E-state index is 13.2. The lowest BCUT2D eigenvalue weighted by atomic mass is 10.0. The van der Waals surface area contributed by atoms with Crippen molar-refractivity contribution in [1.82, 2.24) is 14.5 Å². The molecule has 0 saturated heterocycles.